The van der Waals surface area contributed by atoms with Crippen LogP contribution < -0.4 is 5.56 Å². The van der Waals surface area contributed by atoms with Crippen LogP contribution in [0.25, 0.3) is 21.2 Å². The first kappa shape index (κ1) is 19.1. The molecule has 2 heterocycles. The topological polar surface area (TPSA) is 76.7 Å². The average molecular weight is 385 g/mol. The van der Waals surface area contributed by atoms with E-state index in [9.17, 15) is 9.90 Å². The number of oxime groups is 1. The summed E-state index contributed by atoms with van der Waals surface area (Å²) in [6.07, 6.45) is 1.60. The molecule has 0 radical (unpaired) electrons. The third-order valence-corrected chi connectivity index (χ3v) is 5.51. The van der Waals surface area contributed by atoms with E-state index in [1.54, 1.807) is 25.3 Å². The Hall–Kier alpha value is -2.67. The summed E-state index contributed by atoms with van der Waals surface area (Å²) in [6.45, 7) is 6.11. The van der Waals surface area contributed by atoms with E-state index in [0.717, 1.165) is 27.1 Å². The van der Waals surface area contributed by atoms with E-state index in [2.05, 4.69) is 17.2 Å². The van der Waals surface area contributed by atoms with E-state index < -0.39 is 0 Å². The number of thiophene rings is 1. The molecule has 0 bridgehead atoms. The van der Waals surface area contributed by atoms with Crippen LogP contribution in [0.5, 0.6) is 5.75 Å². The zero-order valence-electron chi connectivity index (χ0n) is 15.9. The van der Waals surface area contributed by atoms with Crippen LogP contribution in [0.2, 0.25) is 0 Å². The van der Waals surface area contributed by atoms with Crippen LogP contribution in [-0.2, 0) is 11.9 Å². The minimum Gasteiger partial charge on any atom is -0.505 e. The standard InChI is InChI=1S/C20H23N3O3S/c1-5-9-14(22-26-6-2)19-16(13-10-7-8-11-15(13)27-19)17-18(24)12(3)21-23(4)20(17)25/h7-8,10-11,24H,5-6,9H2,1-4H3. The summed E-state index contributed by atoms with van der Waals surface area (Å²) in [5, 5.41) is 20.0. The van der Waals surface area contributed by atoms with Crippen LogP contribution in [0.15, 0.2) is 34.2 Å². The van der Waals surface area contributed by atoms with Gasteiger partial charge in [0.05, 0.1) is 16.2 Å². The summed E-state index contributed by atoms with van der Waals surface area (Å²) in [7, 11) is 1.59. The second kappa shape index (κ2) is 7.92. The van der Waals surface area contributed by atoms with Crippen molar-refractivity contribution in [1.29, 1.82) is 0 Å². The van der Waals surface area contributed by atoms with Crippen molar-refractivity contribution in [3.63, 3.8) is 0 Å². The first-order chi connectivity index (χ1) is 13.0. The molecule has 2 aromatic heterocycles. The number of hydrogen-bond acceptors (Lipinski definition) is 6. The van der Waals surface area contributed by atoms with Crippen LogP contribution in [0.3, 0.4) is 0 Å². The highest BCUT2D eigenvalue weighted by Crippen LogP contribution is 2.42. The number of aryl methyl sites for hydroxylation is 2. The van der Waals surface area contributed by atoms with E-state index in [1.807, 2.05) is 31.2 Å². The molecule has 0 aliphatic heterocycles. The van der Waals surface area contributed by atoms with Crippen LogP contribution in [0, 0.1) is 6.92 Å². The molecular weight excluding hydrogens is 362 g/mol. The first-order valence-electron chi connectivity index (χ1n) is 8.97. The van der Waals surface area contributed by atoms with Gasteiger partial charge in [-0.3, -0.25) is 4.79 Å². The van der Waals surface area contributed by atoms with E-state index in [-0.39, 0.29) is 16.9 Å². The molecule has 3 aromatic rings. The molecule has 0 unspecified atom stereocenters. The summed E-state index contributed by atoms with van der Waals surface area (Å²) < 4.78 is 2.29. The molecule has 7 heteroatoms. The van der Waals surface area contributed by atoms with E-state index in [4.69, 9.17) is 4.84 Å². The molecule has 6 nitrogen and oxygen atoms in total. The second-order valence-corrected chi connectivity index (χ2v) is 7.30. The molecular formula is C20H23N3O3S. The smallest absolute Gasteiger partial charge is 0.278 e. The lowest BCUT2D eigenvalue weighted by molar-refractivity contribution is 0.158. The highest BCUT2D eigenvalue weighted by Gasteiger charge is 2.25. The molecule has 0 aliphatic carbocycles. The Morgan fingerprint density at radius 1 is 1.30 bits per heavy atom. The number of aromatic nitrogens is 2. The molecule has 0 saturated heterocycles. The Morgan fingerprint density at radius 3 is 2.74 bits per heavy atom. The zero-order chi connectivity index (χ0) is 19.6. The van der Waals surface area contributed by atoms with Crippen molar-refractivity contribution in [2.75, 3.05) is 6.61 Å². The van der Waals surface area contributed by atoms with Crippen molar-refractivity contribution in [2.45, 2.75) is 33.6 Å². The van der Waals surface area contributed by atoms with Gasteiger partial charge < -0.3 is 9.94 Å². The third-order valence-electron chi connectivity index (χ3n) is 4.29. The Balaban J connectivity index is 2.41. The van der Waals surface area contributed by atoms with E-state index in [0.29, 0.717) is 24.3 Å². The van der Waals surface area contributed by atoms with Gasteiger partial charge >= 0.3 is 0 Å². The maximum Gasteiger partial charge on any atom is 0.278 e. The van der Waals surface area contributed by atoms with Gasteiger partial charge in [0, 0.05) is 22.7 Å². The van der Waals surface area contributed by atoms with Crippen molar-refractivity contribution in [1.82, 2.24) is 9.78 Å². The molecule has 0 atom stereocenters. The fourth-order valence-electron chi connectivity index (χ4n) is 3.06. The van der Waals surface area contributed by atoms with Gasteiger partial charge in [0.25, 0.3) is 5.56 Å². The quantitative estimate of drug-likeness (QED) is 0.509. The van der Waals surface area contributed by atoms with Gasteiger partial charge in [-0.1, -0.05) is 36.7 Å². The van der Waals surface area contributed by atoms with Gasteiger partial charge in [0.1, 0.15) is 12.3 Å². The van der Waals surface area contributed by atoms with Gasteiger partial charge in [-0.15, -0.1) is 11.3 Å². The van der Waals surface area contributed by atoms with Crippen molar-refractivity contribution in [3.8, 4) is 16.9 Å². The third kappa shape index (κ3) is 3.47. The Bertz CT molecular complexity index is 1070. The zero-order valence-corrected chi connectivity index (χ0v) is 16.8. The summed E-state index contributed by atoms with van der Waals surface area (Å²) in [5.41, 5.74) is 1.82. The SMILES string of the molecule is CCCC(=NOCC)c1sc2ccccc2c1-c1c(O)c(C)nn(C)c1=O. The minimum atomic E-state index is -0.338. The number of nitrogens with zero attached hydrogens (tertiary/aromatic N) is 3. The maximum atomic E-state index is 12.9. The molecule has 0 amide bonds. The normalized spacial score (nSPS) is 11.9. The molecule has 1 N–H and O–H groups in total. The van der Waals surface area contributed by atoms with E-state index in [1.165, 1.54) is 4.68 Å². The van der Waals surface area contributed by atoms with Gasteiger partial charge in [0.15, 0.2) is 5.75 Å². The largest absolute Gasteiger partial charge is 0.505 e. The number of hydrogen-bond donors (Lipinski definition) is 1. The average Bonchev–Trinajstić information content (AvgIpc) is 3.03. The van der Waals surface area contributed by atoms with Gasteiger partial charge in [-0.2, -0.15) is 5.10 Å². The fraction of sp³-hybridized carbons (Fsp3) is 0.350. The minimum absolute atomic E-state index is 0.0878. The lowest BCUT2D eigenvalue weighted by Gasteiger charge is -2.11. The lowest BCUT2D eigenvalue weighted by Crippen LogP contribution is -2.22. The molecule has 1 aromatic carbocycles. The van der Waals surface area contributed by atoms with Gasteiger partial charge in [0.2, 0.25) is 0 Å². The highest BCUT2D eigenvalue weighted by molar-refractivity contribution is 7.21. The lowest BCUT2D eigenvalue weighted by atomic mass is 9.99. The van der Waals surface area contributed by atoms with Crippen LogP contribution >= 0.6 is 11.3 Å². The van der Waals surface area contributed by atoms with Crippen molar-refractivity contribution in [3.05, 3.63) is 45.2 Å². The Kier molecular flexibility index (Phi) is 5.60. The van der Waals surface area contributed by atoms with Crippen LogP contribution in [0.4, 0.5) is 0 Å². The van der Waals surface area contributed by atoms with Crippen molar-refractivity contribution in [2.24, 2.45) is 12.2 Å². The molecule has 0 fully saturated rings. The Labute approximate surface area is 161 Å². The summed E-state index contributed by atoms with van der Waals surface area (Å²) in [6, 6.07) is 7.86. The predicted octanol–water partition coefficient (Wildman–Crippen LogP) is 4.22. The summed E-state index contributed by atoms with van der Waals surface area (Å²) in [4.78, 5) is 19.1. The van der Waals surface area contributed by atoms with Gasteiger partial charge in [-0.25, -0.2) is 4.68 Å². The Morgan fingerprint density at radius 2 is 2.04 bits per heavy atom. The number of benzene rings is 1. The van der Waals surface area contributed by atoms with Crippen LogP contribution in [-0.4, -0.2) is 27.2 Å². The van der Waals surface area contributed by atoms with Crippen molar-refractivity contribution >= 4 is 27.1 Å². The molecule has 0 saturated carbocycles. The number of aromatic hydroxyl groups is 1. The summed E-state index contributed by atoms with van der Waals surface area (Å²) in [5.74, 6) is -0.0878. The van der Waals surface area contributed by atoms with E-state index >= 15 is 0 Å². The fourth-order valence-corrected chi connectivity index (χ4v) is 4.28. The van der Waals surface area contributed by atoms with Crippen molar-refractivity contribution < 1.29 is 9.94 Å². The monoisotopic (exact) mass is 385 g/mol. The molecule has 27 heavy (non-hydrogen) atoms. The second-order valence-electron chi connectivity index (χ2n) is 6.25. The molecule has 142 valence electrons. The number of rotatable bonds is 6. The maximum absolute atomic E-state index is 12.9. The predicted molar refractivity (Wildman–Crippen MR) is 110 cm³/mol. The molecule has 3 rings (SSSR count). The molecule has 0 spiro atoms. The summed E-state index contributed by atoms with van der Waals surface area (Å²) >= 11 is 1.56. The molecule has 0 aliphatic rings. The first-order valence-corrected chi connectivity index (χ1v) is 9.79. The van der Waals surface area contributed by atoms with Gasteiger partial charge in [-0.05, 0) is 26.3 Å². The highest BCUT2D eigenvalue weighted by atomic mass is 32.1. The number of fused-ring (bicyclic) bond motifs is 1. The van der Waals surface area contributed by atoms with Crippen LogP contribution in [0.1, 0.15) is 37.3 Å².